The molecule has 1 aromatic carbocycles. The summed E-state index contributed by atoms with van der Waals surface area (Å²) in [5.74, 6) is -2.40. The van der Waals surface area contributed by atoms with Gasteiger partial charge in [0.1, 0.15) is 5.92 Å². The number of carbonyl (C=O) groups excluding carboxylic acids is 1. The normalized spacial score (nSPS) is 18.5. The molecular weight excluding hydrogens is 381 g/mol. The van der Waals surface area contributed by atoms with Crippen LogP contribution in [0.15, 0.2) is 34.4 Å². The first-order chi connectivity index (χ1) is 12.9. The maximum Gasteiger partial charge on any atom is 0.432 e. The van der Waals surface area contributed by atoms with Crippen LogP contribution in [0.3, 0.4) is 0 Å². The Morgan fingerprint density at radius 1 is 1.37 bits per heavy atom. The number of thiazole rings is 1. The molecule has 0 saturated heterocycles. The molecule has 2 aromatic rings. The summed E-state index contributed by atoms with van der Waals surface area (Å²) in [6.07, 6.45) is -4.28. The van der Waals surface area contributed by atoms with Crippen LogP contribution in [-0.4, -0.2) is 46.7 Å². The van der Waals surface area contributed by atoms with Crippen molar-refractivity contribution >= 4 is 44.0 Å². The van der Waals surface area contributed by atoms with Gasteiger partial charge < -0.3 is 5.11 Å². The van der Waals surface area contributed by atoms with Crippen molar-refractivity contribution < 1.29 is 23.1 Å². The summed E-state index contributed by atoms with van der Waals surface area (Å²) in [5, 5.41) is 13.3. The van der Waals surface area contributed by atoms with E-state index in [1.807, 2.05) is 0 Å². The molecule has 3 rings (SSSR count). The monoisotopic (exact) mass is 398 g/mol. The van der Waals surface area contributed by atoms with E-state index < -0.39 is 23.7 Å². The van der Waals surface area contributed by atoms with Crippen LogP contribution in [-0.2, 0) is 4.79 Å². The first-order valence-electron chi connectivity index (χ1n) is 8.36. The molecule has 0 bridgehead atoms. The highest BCUT2D eigenvalue weighted by Crippen LogP contribution is 2.36. The van der Waals surface area contributed by atoms with E-state index in [1.165, 1.54) is 0 Å². The van der Waals surface area contributed by atoms with E-state index in [0.29, 0.717) is 11.9 Å². The molecule has 1 unspecified atom stereocenters. The number of hydrazone groups is 1. The van der Waals surface area contributed by atoms with Crippen LogP contribution in [0.1, 0.15) is 19.8 Å². The molecule has 0 fully saturated rings. The Labute approximate surface area is 157 Å². The van der Waals surface area contributed by atoms with E-state index in [4.69, 9.17) is 5.11 Å². The van der Waals surface area contributed by atoms with Crippen molar-refractivity contribution in [2.45, 2.75) is 25.9 Å². The summed E-state index contributed by atoms with van der Waals surface area (Å²) in [6.45, 7) is 1.66. The lowest BCUT2D eigenvalue weighted by atomic mass is 9.95. The fraction of sp³-hybridized carbons (Fsp3) is 0.412. The lowest BCUT2D eigenvalue weighted by Crippen LogP contribution is -2.38. The van der Waals surface area contributed by atoms with Crippen molar-refractivity contribution in [3.63, 3.8) is 0 Å². The second kappa shape index (κ2) is 7.73. The number of anilines is 1. The number of amides is 1. The van der Waals surface area contributed by atoms with Crippen molar-refractivity contribution in [1.82, 2.24) is 4.98 Å². The number of benzene rings is 1. The number of aliphatic hydroxyl groups is 1. The van der Waals surface area contributed by atoms with Crippen LogP contribution in [0.4, 0.5) is 18.3 Å². The van der Waals surface area contributed by atoms with Gasteiger partial charge in [-0.1, -0.05) is 30.4 Å². The fourth-order valence-corrected chi connectivity index (χ4v) is 3.69. The van der Waals surface area contributed by atoms with Gasteiger partial charge in [-0.05, 0) is 25.0 Å². The van der Waals surface area contributed by atoms with E-state index in [2.05, 4.69) is 15.1 Å². The van der Waals surface area contributed by atoms with E-state index in [1.54, 1.807) is 31.2 Å². The number of aliphatic imine (C=N–C) groups is 1. The van der Waals surface area contributed by atoms with Crippen molar-refractivity contribution in [3.8, 4) is 0 Å². The minimum atomic E-state index is -4.77. The molecule has 6 nitrogen and oxygen atoms in total. The summed E-state index contributed by atoms with van der Waals surface area (Å²) in [4.78, 5) is 21.2. The molecule has 0 spiro atoms. The summed E-state index contributed by atoms with van der Waals surface area (Å²) < 4.78 is 41.4. The molecule has 0 aliphatic carbocycles. The molecule has 1 aliphatic heterocycles. The highest BCUT2D eigenvalue weighted by Gasteiger charge is 2.52. The Hall–Kier alpha value is -2.33. The number of alkyl halides is 3. The molecule has 1 aliphatic rings. The Balaban J connectivity index is 2.01. The molecule has 0 radical (unpaired) electrons. The number of carbonyl (C=O) groups is 1. The predicted octanol–water partition coefficient (Wildman–Crippen LogP) is 3.41. The molecular formula is C17H17F3N4O2S. The van der Waals surface area contributed by atoms with Gasteiger partial charge in [0.25, 0.3) is 5.91 Å². The summed E-state index contributed by atoms with van der Waals surface area (Å²) in [7, 11) is 0. The average molecular weight is 398 g/mol. The first-order valence-corrected chi connectivity index (χ1v) is 9.17. The largest absolute Gasteiger partial charge is 0.432 e. The Bertz CT molecular complexity index is 874. The van der Waals surface area contributed by atoms with Gasteiger partial charge in [0.2, 0.25) is 5.13 Å². The second-order valence-electron chi connectivity index (χ2n) is 5.83. The van der Waals surface area contributed by atoms with Crippen molar-refractivity contribution in [2.24, 2.45) is 16.0 Å². The average Bonchev–Trinajstić information content (AvgIpc) is 3.19. The van der Waals surface area contributed by atoms with Crippen LogP contribution in [0.2, 0.25) is 0 Å². The van der Waals surface area contributed by atoms with Crippen molar-refractivity contribution in [3.05, 3.63) is 24.3 Å². The number of nitrogens with zero attached hydrogens (tertiary/aromatic N) is 4. The van der Waals surface area contributed by atoms with E-state index >= 15 is 0 Å². The SMILES string of the molecule is CCC(=NCCCO)C1C(=O)N(c2nc3ccccc3s2)N=C1C(F)(F)F. The van der Waals surface area contributed by atoms with Crippen LogP contribution in [0, 0.1) is 5.92 Å². The lowest BCUT2D eigenvalue weighted by Gasteiger charge is -2.15. The summed E-state index contributed by atoms with van der Waals surface area (Å²) >= 11 is 1.10. The molecule has 2 heterocycles. The molecule has 1 aromatic heterocycles. The lowest BCUT2D eigenvalue weighted by molar-refractivity contribution is -0.119. The quantitative estimate of drug-likeness (QED) is 0.598. The molecule has 1 amide bonds. The number of rotatable bonds is 6. The molecule has 27 heavy (non-hydrogen) atoms. The van der Waals surface area contributed by atoms with Gasteiger partial charge in [-0.25, -0.2) is 4.98 Å². The number of para-hydroxylation sites is 1. The number of hydrogen-bond donors (Lipinski definition) is 1. The number of hydrogen-bond acceptors (Lipinski definition) is 6. The Kier molecular flexibility index (Phi) is 5.56. The van der Waals surface area contributed by atoms with Gasteiger partial charge in [-0.3, -0.25) is 9.79 Å². The zero-order valence-electron chi connectivity index (χ0n) is 14.4. The molecule has 144 valence electrons. The zero-order chi connectivity index (χ0) is 19.6. The third-order valence-corrected chi connectivity index (χ3v) is 5.03. The summed E-state index contributed by atoms with van der Waals surface area (Å²) in [6, 6.07) is 7.03. The van der Waals surface area contributed by atoms with Crippen LogP contribution in [0.25, 0.3) is 10.2 Å². The predicted molar refractivity (Wildman–Crippen MR) is 98.4 cm³/mol. The number of aliphatic hydroxyl groups excluding tert-OH is 1. The van der Waals surface area contributed by atoms with E-state index in [0.717, 1.165) is 21.0 Å². The Morgan fingerprint density at radius 3 is 2.74 bits per heavy atom. The molecule has 0 saturated carbocycles. The topological polar surface area (TPSA) is 78.2 Å². The molecule has 1 atom stereocenters. The van der Waals surface area contributed by atoms with E-state index in [-0.39, 0.29) is 30.4 Å². The maximum atomic E-state index is 13.5. The second-order valence-corrected chi connectivity index (χ2v) is 6.84. The van der Waals surface area contributed by atoms with Crippen molar-refractivity contribution in [2.75, 3.05) is 18.2 Å². The Morgan fingerprint density at radius 2 is 2.11 bits per heavy atom. The minimum absolute atomic E-state index is 0.0938. The smallest absolute Gasteiger partial charge is 0.396 e. The maximum absolute atomic E-state index is 13.5. The van der Waals surface area contributed by atoms with Crippen LogP contribution >= 0.6 is 11.3 Å². The fourth-order valence-electron chi connectivity index (χ4n) is 2.76. The van der Waals surface area contributed by atoms with Gasteiger partial charge in [0.15, 0.2) is 5.71 Å². The van der Waals surface area contributed by atoms with Gasteiger partial charge in [-0.15, -0.1) is 0 Å². The van der Waals surface area contributed by atoms with Gasteiger partial charge in [-0.2, -0.15) is 23.3 Å². The number of aromatic nitrogens is 1. The number of fused-ring (bicyclic) bond motifs is 1. The van der Waals surface area contributed by atoms with Gasteiger partial charge >= 0.3 is 6.18 Å². The van der Waals surface area contributed by atoms with E-state index in [9.17, 15) is 18.0 Å². The van der Waals surface area contributed by atoms with Crippen LogP contribution in [0.5, 0.6) is 0 Å². The van der Waals surface area contributed by atoms with Gasteiger partial charge in [0.05, 0.1) is 10.2 Å². The molecule has 1 N–H and O–H groups in total. The van der Waals surface area contributed by atoms with Crippen molar-refractivity contribution in [1.29, 1.82) is 0 Å². The zero-order valence-corrected chi connectivity index (χ0v) is 15.2. The number of halogens is 3. The third-order valence-electron chi connectivity index (χ3n) is 4.02. The molecule has 10 heteroatoms. The third kappa shape index (κ3) is 3.86. The minimum Gasteiger partial charge on any atom is -0.396 e. The first kappa shape index (κ1) is 19.4. The standard InChI is InChI=1S/C17H17F3N4O2S/c1-2-10(21-8-5-9-25)13-14(17(18,19)20)23-24(15(13)26)16-22-11-6-3-4-7-12(11)27-16/h3-4,6-7,13,25H,2,5,8-9H2,1H3. The van der Waals surface area contributed by atoms with Gasteiger partial charge in [0, 0.05) is 18.9 Å². The summed E-state index contributed by atoms with van der Waals surface area (Å²) in [5.41, 5.74) is -0.491. The highest BCUT2D eigenvalue weighted by molar-refractivity contribution is 7.22. The van der Waals surface area contributed by atoms with Crippen LogP contribution < -0.4 is 5.01 Å². The highest BCUT2D eigenvalue weighted by atomic mass is 32.1.